The van der Waals surface area contributed by atoms with Gasteiger partial charge in [-0.25, -0.2) is 0 Å². The molecule has 0 saturated heterocycles. The molecule has 4 heteroatoms. The smallest absolute Gasteiger partial charge is 0.131 e. The Kier molecular flexibility index (Phi) is 4.81. The van der Waals surface area contributed by atoms with E-state index in [2.05, 4.69) is 0 Å². The number of para-hydroxylation sites is 1. The molecule has 1 aliphatic heterocycles. The molecule has 0 radical (unpaired) electrons. The number of fused-ring (bicyclic) bond motifs is 1. The summed E-state index contributed by atoms with van der Waals surface area (Å²) in [6.07, 6.45) is 0. The molecule has 1 aliphatic rings. The molecule has 4 aromatic rings. The van der Waals surface area contributed by atoms with E-state index in [1.807, 2.05) is 72.8 Å². The van der Waals surface area contributed by atoms with Gasteiger partial charge in [0.05, 0.1) is 0 Å². The minimum absolute atomic E-state index is 0.165. The molecular formula is C27H20O4. The third-order valence-corrected chi connectivity index (χ3v) is 5.25. The van der Waals surface area contributed by atoms with Gasteiger partial charge in [-0.2, -0.15) is 0 Å². The van der Waals surface area contributed by atoms with Crippen LogP contribution in [0.25, 0.3) is 11.1 Å². The van der Waals surface area contributed by atoms with E-state index in [0.717, 1.165) is 39.3 Å². The molecule has 0 spiro atoms. The average Bonchev–Trinajstić information content (AvgIpc) is 2.80. The summed E-state index contributed by atoms with van der Waals surface area (Å²) in [4.78, 5) is 0. The van der Waals surface area contributed by atoms with Crippen LogP contribution < -0.4 is 9.47 Å². The second-order valence-corrected chi connectivity index (χ2v) is 7.31. The molecule has 0 aliphatic carbocycles. The summed E-state index contributed by atoms with van der Waals surface area (Å²) < 4.78 is 11.9. The first-order chi connectivity index (χ1) is 15.2. The van der Waals surface area contributed by atoms with Crippen molar-refractivity contribution in [1.29, 1.82) is 0 Å². The zero-order valence-corrected chi connectivity index (χ0v) is 16.7. The summed E-state index contributed by atoms with van der Waals surface area (Å²) in [5, 5.41) is 19.6. The molecule has 152 valence electrons. The third kappa shape index (κ3) is 3.83. The lowest BCUT2D eigenvalue weighted by Crippen LogP contribution is -2.11. The van der Waals surface area contributed by atoms with Crippen LogP contribution in [-0.2, 0) is 0 Å². The third-order valence-electron chi connectivity index (χ3n) is 5.25. The van der Waals surface area contributed by atoms with Gasteiger partial charge in [-0.05, 0) is 65.2 Å². The summed E-state index contributed by atoms with van der Waals surface area (Å²) in [7, 11) is 0. The number of benzene rings is 4. The molecule has 4 aromatic carbocycles. The fourth-order valence-corrected chi connectivity index (χ4v) is 3.76. The monoisotopic (exact) mass is 408 g/mol. The first kappa shape index (κ1) is 18.8. The van der Waals surface area contributed by atoms with Crippen molar-refractivity contribution in [2.75, 3.05) is 6.61 Å². The van der Waals surface area contributed by atoms with Crippen molar-refractivity contribution in [3.05, 3.63) is 114 Å². The average molecular weight is 408 g/mol. The maximum Gasteiger partial charge on any atom is 0.131 e. The summed E-state index contributed by atoms with van der Waals surface area (Å²) in [5.74, 6) is 2.56. The molecule has 0 atom stereocenters. The van der Waals surface area contributed by atoms with E-state index in [9.17, 15) is 10.2 Å². The largest absolute Gasteiger partial charge is 0.508 e. The van der Waals surface area contributed by atoms with Crippen LogP contribution in [0.3, 0.4) is 0 Å². The van der Waals surface area contributed by atoms with Gasteiger partial charge in [0.1, 0.15) is 35.4 Å². The molecule has 2 N–H and O–H groups in total. The number of phenolic OH excluding ortho intramolecular Hbond substituents is 2. The van der Waals surface area contributed by atoms with Crippen molar-refractivity contribution in [2.24, 2.45) is 0 Å². The van der Waals surface area contributed by atoms with Gasteiger partial charge in [-0.1, -0.05) is 42.5 Å². The van der Waals surface area contributed by atoms with Crippen molar-refractivity contribution < 1.29 is 19.7 Å². The Balaban J connectivity index is 1.59. The molecule has 0 amide bonds. The summed E-state index contributed by atoms with van der Waals surface area (Å²) in [6.45, 7) is 0.360. The van der Waals surface area contributed by atoms with Crippen molar-refractivity contribution in [3.8, 4) is 28.7 Å². The second kappa shape index (κ2) is 7.92. The molecule has 0 saturated carbocycles. The molecular weight excluding hydrogens is 388 g/mol. The zero-order valence-electron chi connectivity index (χ0n) is 16.7. The maximum atomic E-state index is 9.89. The summed E-state index contributed by atoms with van der Waals surface area (Å²) >= 11 is 0. The molecule has 0 unspecified atom stereocenters. The number of phenols is 2. The Labute approximate surface area is 180 Å². The number of ether oxygens (including phenoxy) is 2. The minimum Gasteiger partial charge on any atom is -0.508 e. The molecule has 0 aromatic heterocycles. The Morgan fingerprint density at radius 1 is 0.645 bits per heavy atom. The fourth-order valence-electron chi connectivity index (χ4n) is 3.76. The van der Waals surface area contributed by atoms with Crippen LogP contribution in [0.5, 0.6) is 28.7 Å². The van der Waals surface area contributed by atoms with Gasteiger partial charge in [0, 0.05) is 17.2 Å². The highest BCUT2D eigenvalue weighted by Crippen LogP contribution is 2.42. The predicted molar refractivity (Wildman–Crippen MR) is 121 cm³/mol. The molecule has 31 heavy (non-hydrogen) atoms. The maximum absolute atomic E-state index is 9.89. The SMILES string of the molecule is Oc1ccc(C2=C(c3ccc(Oc4ccccc4)cc3)c3ccc(O)cc3OC2)cc1. The lowest BCUT2D eigenvalue weighted by Gasteiger charge is -2.25. The van der Waals surface area contributed by atoms with Crippen molar-refractivity contribution in [1.82, 2.24) is 0 Å². The topological polar surface area (TPSA) is 58.9 Å². The molecule has 0 fully saturated rings. The Morgan fingerprint density at radius 3 is 2.03 bits per heavy atom. The molecule has 1 heterocycles. The summed E-state index contributed by atoms with van der Waals surface area (Å²) in [5.41, 5.74) is 4.92. The highest BCUT2D eigenvalue weighted by molar-refractivity contribution is 6.01. The van der Waals surface area contributed by atoms with Gasteiger partial charge in [0.25, 0.3) is 0 Å². The lowest BCUT2D eigenvalue weighted by molar-refractivity contribution is 0.361. The minimum atomic E-state index is 0.165. The van der Waals surface area contributed by atoms with Crippen LogP contribution in [-0.4, -0.2) is 16.8 Å². The highest BCUT2D eigenvalue weighted by Gasteiger charge is 2.23. The Hall–Kier alpha value is -4.18. The molecule has 4 nitrogen and oxygen atoms in total. The standard InChI is InChI=1S/C27H20O4/c28-20-10-6-18(7-11-20)25-17-30-26-16-21(29)12-15-24(26)27(25)19-8-13-23(14-9-19)31-22-4-2-1-3-5-22/h1-16,28-29H,17H2. The number of hydrogen-bond acceptors (Lipinski definition) is 4. The molecule has 5 rings (SSSR count). The normalized spacial score (nSPS) is 12.8. The van der Waals surface area contributed by atoms with Crippen molar-refractivity contribution in [3.63, 3.8) is 0 Å². The van der Waals surface area contributed by atoms with E-state index in [1.54, 1.807) is 24.3 Å². The molecule has 0 bridgehead atoms. The van der Waals surface area contributed by atoms with Gasteiger partial charge in [0.15, 0.2) is 0 Å². The fraction of sp³-hybridized carbons (Fsp3) is 0.0370. The van der Waals surface area contributed by atoms with E-state index >= 15 is 0 Å². The summed E-state index contributed by atoms with van der Waals surface area (Å²) in [6, 6.07) is 29.9. The van der Waals surface area contributed by atoms with Crippen LogP contribution in [0.1, 0.15) is 16.7 Å². The number of rotatable bonds is 4. The van der Waals surface area contributed by atoms with Gasteiger partial charge in [-0.3, -0.25) is 0 Å². The van der Waals surface area contributed by atoms with Crippen LogP contribution >= 0.6 is 0 Å². The van der Waals surface area contributed by atoms with Crippen LogP contribution in [0, 0.1) is 0 Å². The second-order valence-electron chi connectivity index (χ2n) is 7.31. The lowest BCUT2D eigenvalue weighted by atomic mass is 9.87. The van der Waals surface area contributed by atoms with Gasteiger partial charge in [-0.15, -0.1) is 0 Å². The number of aromatic hydroxyl groups is 2. The van der Waals surface area contributed by atoms with E-state index in [1.165, 1.54) is 0 Å². The van der Waals surface area contributed by atoms with E-state index in [4.69, 9.17) is 9.47 Å². The quantitative estimate of drug-likeness (QED) is 0.420. The Morgan fingerprint density at radius 2 is 1.29 bits per heavy atom. The predicted octanol–water partition coefficient (Wildman–Crippen LogP) is 6.24. The Bertz CT molecular complexity index is 1240. The van der Waals surface area contributed by atoms with E-state index in [-0.39, 0.29) is 11.5 Å². The zero-order chi connectivity index (χ0) is 21.2. The van der Waals surface area contributed by atoms with Crippen LogP contribution in [0.15, 0.2) is 97.1 Å². The highest BCUT2D eigenvalue weighted by atomic mass is 16.5. The number of hydrogen-bond donors (Lipinski definition) is 2. The van der Waals surface area contributed by atoms with Gasteiger partial charge in [0.2, 0.25) is 0 Å². The van der Waals surface area contributed by atoms with Crippen LogP contribution in [0.2, 0.25) is 0 Å². The van der Waals surface area contributed by atoms with E-state index < -0.39 is 0 Å². The first-order valence-corrected chi connectivity index (χ1v) is 9.99. The van der Waals surface area contributed by atoms with E-state index in [0.29, 0.717) is 12.4 Å². The van der Waals surface area contributed by atoms with Crippen molar-refractivity contribution in [2.45, 2.75) is 0 Å². The van der Waals surface area contributed by atoms with Crippen molar-refractivity contribution >= 4 is 11.1 Å². The van der Waals surface area contributed by atoms with Gasteiger partial charge < -0.3 is 19.7 Å². The first-order valence-electron chi connectivity index (χ1n) is 9.99. The van der Waals surface area contributed by atoms with Crippen LogP contribution in [0.4, 0.5) is 0 Å². The van der Waals surface area contributed by atoms with Gasteiger partial charge >= 0.3 is 0 Å².